The van der Waals surface area contributed by atoms with Crippen LogP contribution in [0.4, 0.5) is 0 Å². The van der Waals surface area contributed by atoms with Crippen molar-refractivity contribution in [3.8, 4) is 17.2 Å². The van der Waals surface area contributed by atoms with Gasteiger partial charge in [-0.2, -0.15) is 0 Å². The number of aromatic hydroxyl groups is 1. The van der Waals surface area contributed by atoms with Crippen LogP contribution >= 0.6 is 0 Å². The van der Waals surface area contributed by atoms with Gasteiger partial charge in [-0.1, -0.05) is 12.1 Å². The first-order valence-electron chi connectivity index (χ1n) is 7.86. The number of ether oxygens (including phenoxy) is 2. The summed E-state index contributed by atoms with van der Waals surface area (Å²) in [6.45, 7) is 2.22. The Hall–Kier alpha value is -2.69. The second-order valence-corrected chi connectivity index (χ2v) is 5.86. The lowest BCUT2D eigenvalue weighted by Crippen LogP contribution is -2.39. The molecule has 5 nitrogen and oxygen atoms in total. The van der Waals surface area contributed by atoms with Crippen molar-refractivity contribution in [2.24, 2.45) is 0 Å². The first kappa shape index (κ1) is 16.2. The molecule has 0 radical (unpaired) electrons. The van der Waals surface area contributed by atoms with Crippen LogP contribution in [0.5, 0.6) is 17.2 Å². The molecule has 0 aromatic heterocycles. The van der Waals surface area contributed by atoms with Crippen molar-refractivity contribution in [2.75, 3.05) is 20.8 Å². The number of carbonyl (C=O) groups is 1. The minimum atomic E-state index is -0.202. The Morgan fingerprint density at radius 1 is 1.12 bits per heavy atom. The number of hydrogen-bond acceptors (Lipinski definition) is 4. The molecule has 0 bridgehead atoms. The summed E-state index contributed by atoms with van der Waals surface area (Å²) in [4.78, 5) is 14.0. The Kier molecular flexibility index (Phi) is 4.34. The molecule has 0 unspecified atom stereocenters. The molecule has 0 aliphatic carbocycles. The van der Waals surface area contributed by atoms with E-state index >= 15 is 0 Å². The molecule has 1 N–H and O–H groups in total. The first-order valence-corrected chi connectivity index (χ1v) is 7.86. The fraction of sp³-hybridized carbons (Fsp3) is 0.316. The zero-order chi connectivity index (χ0) is 17.3. The van der Waals surface area contributed by atoms with Crippen molar-refractivity contribution in [3.05, 3.63) is 53.1 Å². The predicted octanol–water partition coefficient (Wildman–Crippen LogP) is 2.90. The van der Waals surface area contributed by atoms with E-state index < -0.39 is 0 Å². The molecule has 2 aromatic carbocycles. The van der Waals surface area contributed by atoms with E-state index in [1.165, 1.54) is 0 Å². The smallest absolute Gasteiger partial charge is 0.220 e. The van der Waals surface area contributed by atoms with E-state index in [0.29, 0.717) is 18.0 Å². The summed E-state index contributed by atoms with van der Waals surface area (Å²) in [5.41, 5.74) is 3.12. The molecule has 0 fully saturated rings. The number of benzene rings is 2. The van der Waals surface area contributed by atoms with Crippen molar-refractivity contribution in [3.63, 3.8) is 0 Å². The van der Waals surface area contributed by atoms with E-state index in [9.17, 15) is 9.90 Å². The summed E-state index contributed by atoms with van der Waals surface area (Å²) in [7, 11) is 3.22. The molecule has 1 aliphatic heterocycles. The monoisotopic (exact) mass is 327 g/mol. The van der Waals surface area contributed by atoms with Crippen LogP contribution in [-0.2, 0) is 11.2 Å². The van der Waals surface area contributed by atoms with Gasteiger partial charge in [0.2, 0.25) is 5.91 Å². The van der Waals surface area contributed by atoms with Gasteiger partial charge in [0, 0.05) is 13.5 Å². The predicted molar refractivity (Wildman–Crippen MR) is 90.6 cm³/mol. The highest BCUT2D eigenvalue weighted by atomic mass is 16.5. The number of hydrogen-bond donors (Lipinski definition) is 1. The Morgan fingerprint density at radius 3 is 2.33 bits per heavy atom. The van der Waals surface area contributed by atoms with Gasteiger partial charge < -0.3 is 19.5 Å². The maximum atomic E-state index is 12.2. The van der Waals surface area contributed by atoms with Gasteiger partial charge in [0.25, 0.3) is 0 Å². The van der Waals surface area contributed by atoms with E-state index in [1.54, 1.807) is 33.3 Å². The Morgan fingerprint density at radius 2 is 1.75 bits per heavy atom. The second-order valence-electron chi connectivity index (χ2n) is 5.86. The van der Waals surface area contributed by atoms with Crippen molar-refractivity contribution in [1.82, 2.24) is 4.90 Å². The summed E-state index contributed by atoms with van der Waals surface area (Å²) in [6, 6.07) is 10.7. The molecule has 1 aliphatic rings. The number of phenols is 1. The van der Waals surface area contributed by atoms with Crippen molar-refractivity contribution < 1.29 is 19.4 Å². The van der Waals surface area contributed by atoms with E-state index in [1.807, 2.05) is 29.2 Å². The van der Waals surface area contributed by atoms with E-state index in [0.717, 1.165) is 23.1 Å². The third-order valence-electron chi connectivity index (χ3n) is 4.49. The van der Waals surface area contributed by atoms with Gasteiger partial charge >= 0.3 is 0 Å². The van der Waals surface area contributed by atoms with Crippen LogP contribution in [0.3, 0.4) is 0 Å². The number of methoxy groups -OCH3 is 2. The van der Waals surface area contributed by atoms with E-state index in [-0.39, 0.29) is 17.7 Å². The van der Waals surface area contributed by atoms with Gasteiger partial charge in [-0.3, -0.25) is 4.79 Å². The number of fused-ring (bicyclic) bond motifs is 1. The molecule has 1 amide bonds. The van der Waals surface area contributed by atoms with Gasteiger partial charge in [-0.05, 0) is 47.4 Å². The quantitative estimate of drug-likeness (QED) is 0.942. The van der Waals surface area contributed by atoms with Crippen LogP contribution in [0.15, 0.2) is 36.4 Å². The number of carbonyl (C=O) groups excluding carboxylic acids is 1. The Labute approximate surface area is 141 Å². The molecular formula is C19H21NO4. The Bertz CT molecular complexity index is 755. The van der Waals surface area contributed by atoms with Crippen molar-refractivity contribution in [1.29, 1.82) is 0 Å². The molecule has 126 valence electrons. The maximum absolute atomic E-state index is 12.2. The summed E-state index contributed by atoms with van der Waals surface area (Å²) in [6.07, 6.45) is 0.768. The molecular weight excluding hydrogens is 306 g/mol. The number of phenolic OH excluding ortho intramolecular Hbond substituents is 1. The molecule has 24 heavy (non-hydrogen) atoms. The van der Waals surface area contributed by atoms with Gasteiger partial charge in [0.05, 0.1) is 20.3 Å². The SMILES string of the molecule is COc1cc2c(cc1OC)[C@H](c1ccc(O)cc1)N(C(C)=O)CC2. The lowest BCUT2D eigenvalue weighted by Gasteiger charge is -2.37. The molecule has 1 atom stereocenters. The zero-order valence-corrected chi connectivity index (χ0v) is 14.1. The minimum absolute atomic E-state index is 0.0218. The van der Waals surface area contributed by atoms with Crippen LogP contribution in [0.2, 0.25) is 0 Å². The molecule has 0 spiro atoms. The highest BCUT2D eigenvalue weighted by Gasteiger charge is 2.31. The fourth-order valence-electron chi connectivity index (χ4n) is 3.30. The van der Waals surface area contributed by atoms with Crippen LogP contribution in [0.25, 0.3) is 0 Å². The first-order chi connectivity index (χ1) is 11.5. The summed E-state index contributed by atoms with van der Waals surface area (Å²) < 4.78 is 10.8. The maximum Gasteiger partial charge on any atom is 0.220 e. The molecule has 3 rings (SSSR count). The van der Waals surface area contributed by atoms with Crippen molar-refractivity contribution in [2.45, 2.75) is 19.4 Å². The largest absolute Gasteiger partial charge is 0.508 e. The van der Waals surface area contributed by atoms with Crippen LogP contribution in [0, 0.1) is 0 Å². The zero-order valence-electron chi connectivity index (χ0n) is 14.1. The third-order valence-corrected chi connectivity index (χ3v) is 4.49. The van der Waals surface area contributed by atoms with Gasteiger partial charge in [0.1, 0.15) is 5.75 Å². The summed E-state index contributed by atoms with van der Waals surface area (Å²) in [5.74, 6) is 1.56. The van der Waals surface area contributed by atoms with E-state index in [2.05, 4.69) is 0 Å². The number of nitrogens with zero attached hydrogens (tertiary/aromatic N) is 1. The lowest BCUT2D eigenvalue weighted by molar-refractivity contribution is -0.130. The van der Waals surface area contributed by atoms with Gasteiger partial charge in [-0.15, -0.1) is 0 Å². The van der Waals surface area contributed by atoms with Crippen LogP contribution in [0.1, 0.15) is 29.7 Å². The van der Waals surface area contributed by atoms with Crippen LogP contribution < -0.4 is 9.47 Å². The van der Waals surface area contributed by atoms with Gasteiger partial charge in [-0.25, -0.2) is 0 Å². The highest BCUT2D eigenvalue weighted by Crippen LogP contribution is 2.41. The van der Waals surface area contributed by atoms with Crippen molar-refractivity contribution >= 4 is 5.91 Å². The molecule has 0 saturated heterocycles. The number of rotatable bonds is 3. The average Bonchev–Trinajstić information content (AvgIpc) is 2.60. The topological polar surface area (TPSA) is 59.0 Å². The summed E-state index contributed by atoms with van der Waals surface area (Å²) in [5, 5.41) is 9.56. The molecule has 5 heteroatoms. The van der Waals surface area contributed by atoms with E-state index in [4.69, 9.17) is 9.47 Å². The molecule has 1 heterocycles. The number of amides is 1. The molecule has 0 saturated carbocycles. The minimum Gasteiger partial charge on any atom is -0.508 e. The third kappa shape index (κ3) is 2.77. The van der Waals surface area contributed by atoms with Crippen LogP contribution in [-0.4, -0.2) is 36.7 Å². The standard InChI is InChI=1S/C19H21NO4/c1-12(21)20-9-8-14-10-17(23-2)18(24-3)11-16(14)19(20)13-4-6-15(22)7-5-13/h4-7,10-11,19,22H,8-9H2,1-3H3/t19-/m0/s1. The van der Waals surface area contributed by atoms with Gasteiger partial charge in [0.15, 0.2) is 11.5 Å². The fourth-order valence-corrected chi connectivity index (χ4v) is 3.30. The Balaban J connectivity index is 2.16. The average molecular weight is 327 g/mol. The summed E-state index contributed by atoms with van der Waals surface area (Å²) >= 11 is 0. The molecule has 2 aromatic rings. The highest BCUT2D eigenvalue weighted by molar-refractivity contribution is 5.75. The second kappa shape index (κ2) is 6.43. The normalized spacial score (nSPS) is 16.5. The lowest BCUT2D eigenvalue weighted by atomic mass is 9.87.